The molecule has 2 aromatic rings. The first-order chi connectivity index (χ1) is 11.6. The molecule has 2 rings (SSSR count). The Bertz CT molecular complexity index is 716. The highest BCUT2D eigenvalue weighted by Gasteiger charge is 2.08. The van der Waals surface area contributed by atoms with Gasteiger partial charge in [0, 0.05) is 23.7 Å². The summed E-state index contributed by atoms with van der Waals surface area (Å²) in [5.74, 6) is 6.74. The van der Waals surface area contributed by atoms with Crippen molar-refractivity contribution in [1.29, 1.82) is 0 Å². The lowest BCUT2D eigenvalue weighted by Crippen LogP contribution is -2.27. The third-order valence-electron chi connectivity index (χ3n) is 3.70. The van der Waals surface area contributed by atoms with Gasteiger partial charge in [0.05, 0.1) is 10.0 Å². The standard InChI is InChI=1S/C20H21Cl2NO/c1-3-23(4-2)12-13-24-20-15-18(21)17(14-19(20)22)11-10-16-8-6-5-7-9-16/h5-9,14-15H,3-4,12-13H2,1-2H3. The largest absolute Gasteiger partial charge is 0.491 e. The summed E-state index contributed by atoms with van der Waals surface area (Å²) in [6, 6.07) is 13.3. The van der Waals surface area contributed by atoms with Crippen LogP contribution in [0.15, 0.2) is 42.5 Å². The van der Waals surface area contributed by atoms with Crippen molar-refractivity contribution in [3.8, 4) is 17.6 Å². The minimum Gasteiger partial charge on any atom is -0.491 e. The van der Waals surface area contributed by atoms with E-state index in [4.69, 9.17) is 27.9 Å². The third-order valence-corrected chi connectivity index (χ3v) is 4.30. The lowest BCUT2D eigenvalue weighted by Gasteiger charge is -2.18. The summed E-state index contributed by atoms with van der Waals surface area (Å²) in [6.07, 6.45) is 0. The number of halogens is 2. The van der Waals surface area contributed by atoms with Crippen molar-refractivity contribution < 1.29 is 4.74 Å². The van der Waals surface area contributed by atoms with E-state index in [1.54, 1.807) is 12.1 Å². The number of likely N-dealkylation sites (N-methyl/N-ethyl adjacent to an activating group) is 1. The Balaban J connectivity index is 2.07. The molecule has 0 unspecified atom stereocenters. The van der Waals surface area contributed by atoms with Crippen molar-refractivity contribution >= 4 is 23.2 Å². The molecule has 2 aromatic carbocycles. The van der Waals surface area contributed by atoms with Gasteiger partial charge < -0.3 is 9.64 Å². The molecule has 126 valence electrons. The maximum Gasteiger partial charge on any atom is 0.139 e. The van der Waals surface area contributed by atoms with Gasteiger partial charge in [0.2, 0.25) is 0 Å². The zero-order valence-corrected chi connectivity index (χ0v) is 15.5. The monoisotopic (exact) mass is 361 g/mol. The summed E-state index contributed by atoms with van der Waals surface area (Å²) >= 11 is 12.6. The van der Waals surface area contributed by atoms with Crippen LogP contribution in [-0.4, -0.2) is 31.1 Å². The number of benzene rings is 2. The van der Waals surface area contributed by atoms with Crippen molar-refractivity contribution in [2.24, 2.45) is 0 Å². The molecule has 0 N–H and O–H groups in total. The summed E-state index contributed by atoms with van der Waals surface area (Å²) in [5.41, 5.74) is 1.63. The van der Waals surface area contributed by atoms with Crippen molar-refractivity contribution in [3.05, 3.63) is 63.6 Å². The fourth-order valence-electron chi connectivity index (χ4n) is 2.22. The number of ether oxygens (including phenoxy) is 1. The van der Waals surface area contributed by atoms with Crippen LogP contribution in [0, 0.1) is 11.8 Å². The van der Waals surface area contributed by atoms with Gasteiger partial charge in [-0.15, -0.1) is 0 Å². The van der Waals surface area contributed by atoms with Gasteiger partial charge in [0.25, 0.3) is 0 Å². The van der Waals surface area contributed by atoms with E-state index < -0.39 is 0 Å². The minimum atomic E-state index is 0.524. The molecule has 0 saturated carbocycles. The predicted molar refractivity (Wildman–Crippen MR) is 102 cm³/mol. The van der Waals surface area contributed by atoms with Gasteiger partial charge in [-0.2, -0.15) is 0 Å². The fourth-order valence-corrected chi connectivity index (χ4v) is 2.64. The number of nitrogens with zero attached hydrogens (tertiary/aromatic N) is 1. The SMILES string of the molecule is CCN(CC)CCOc1cc(Cl)c(C#Cc2ccccc2)cc1Cl. The van der Waals surface area contributed by atoms with Gasteiger partial charge in [-0.25, -0.2) is 0 Å². The van der Waals surface area contributed by atoms with E-state index >= 15 is 0 Å². The molecule has 0 spiro atoms. The summed E-state index contributed by atoms with van der Waals surface area (Å²) in [6.45, 7) is 7.70. The van der Waals surface area contributed by atoms with Crippen LogP contribution in [0.1, 0.15) is 25.0 Å². The Kier molecular flexibility index (Phi) is 7.46. The fraction of sp³-hybridized carbons (Fsp3) is 0.300. The van der Waals surface area contributed by atoms with Crippen LogP contribution in [0.5, 0.6) is 5.75 Å². The topological polar surface area (TPSA) is 12.5 Å². The Morgan fingerprint density at radius 3 is 2.33 bits per heavy atom. The summed E-state index contributed by atoms with van der Waals surface area (Å²) < 4.78 is 5.76. The Hall–Kier alpha value is -1.66. The van der Waals surface area contributed by atoms with E-state index in [9.17, 15) is 0 Å². The first-order valence-corrected chi connectivity index (χ1v) is 8.80. The smallest absolute Gasteiger partial charge is 0.139 e. The zero-order valence-electron chi connectivity index (χ0n) is 14.0. The van der Waals surface area contributed by atoms with Crippen molar-refractivity contribution in [2.75, 3.05) is 26.2 Å². The molecule has 0 bridgehead atoms. The highest BCUT2D eigenvalue weighted by atomic mass is 35.5. The molecule has 0 fully saturated rings. The second-order valence-corrected chi connectivity index (χ2v) is 6.07. The normalized spacial score (nSPS) is 10.4. The van der Waals surface area contributed by atoms with Crippen LogP contribution in [0.3, 0.4) is 0 Å². The first kappa shape index (κ1) is 18.7. The van der Waals surface area contributed by atoms with E-state index in [-0.39, 0.29) is 0 Å². The average Bonchev–Trinajstić information content (AvgIpc) is 2.61. The van der Waals surface area contributed by atoms with Gasteiger partial charge in [-0.3, -0.25) is 0 Å². The lowest BCUT2D eigenvalue weighted by molar-refractivity contribution is 0.223. The summed E-state index contributed by atoms with van der Waals surface area (Å²) in [4.78, 5) is 2.29. The molecule has 0 aliphatic heterocycles. The van der Waals surface area contributed by atoms with E-state index in [0.717, 1.165) is 25.2 Å². The van der Waals surface area contributed by atoms with Crippen molar-refractivity contribution in [3.63, 3.8) is 0 Å². The Morgan fingerprint density at radius 2 is 1.67 bits per heavy atom. The molecule has 24 heavy (non-hydrogen) atoms. The average molecular weight is 362 g/mol. The van der Waals surface area contributed by atoms with Gasteiger partial charge >= 0.3 is 0 Å². The Labute approximate surface area is 154 Å². The summed E-state index contributed by atoms with van der Waals surface area (Å²) in [5, 5.41) is 1.07. The molecule has 0 aliphatic carbocycles. The minimum absolute atomic E-state index is 0.524. The van der Waals surface area contributed by atoms with Crippen LogP contribution >= 0.6 is 23.2 Å². The maximum atomic E-state index is 6.31. The van der Waals surface area contributed by atoms with E-state index in [0.29, 0.717) is 28.0 Å². The van der Waals surface area contributed by atoms with Gasteiger partial charge in [-0.05, 0) is 31.3 Å². The molecule has 0 aliphatic rings. The van der Waals surface area contributed by atoms with Crippen LogP contribution in [-0.2, 0) is 0 Å². The van der Waals surface area contributed by atoms with Crippen LogP contribution in [0.25, 0.3) is 0 Å². The molecule has 0 radical (unpaired) electrons. The number of rotatable bonds is 6. The molecule has 2 nitrogen and oxygen atoms in total. The quantitative estimate of drug-likeness (QED) is 0.662. The lowest BCUT2D eigenvalue weighted by atomic mass is 10.2. The molecule has 0 atom stereocenters. The third kappa shape index (κ3) is 5.46. The van der Waals surface area contributed by atoms with Gasteiger partial charge in [0.15, 0.2) is 0 Å². The molecular formula is C20H21Cl2NO. The highest BCUT2D eigenvalue weighted by molar-refractivity contribution is 6.35. The first-order valence-electron chi connectivity index (χ1n) is 8.05. The number of hydrogen-bond acceptors (Lipinski definition) is 2. The zero-order chi connectivity index (χ0) is 17.4. The van der Waals surface area contributed by atoms with Gasteiger partial charge in [0.1, 0.15) is 12.4 Å². The highest BCUT2D eigenvalue weighted by Crippen LogP contribution is 2.30. The summed E-state index contributed by atoms with van der Waals surface area (Å²) in [7, 11) is 0. The maximum absolute atomic E-state index is 6.31. The molecule has 0 aromatic heterocycles. The van der Waals surface area contributed by atoms with Crippen molar-refractivity contribution in [1.82, 2.24) is 4.90 Å². The number of hydrogen-bond donors (Lipinski definition) is 0. The molecular weight excluding hydrogens is 341 g/mol. The van der Waals surface area contributed by atoms with E-state index in [1.807, 2.05) is 30.3 Å². The predicted octanol–water partition coefficient (Wildman–Crippen LogP) is 5.11. The molecule has 4 heteroatoms. The van der Waals surface area contributed by atoms with E-state index in [2.05, 4.69) is 30.6 Å². The molecule has 0 amide bonds. The van der Waals surface area contributed by atoms with E-state index in [1.165, 1.54) is 0 Å². The Morgan fingerprint density at radius 1 is 0.958 bits per heavy atom. The second-order valence-electron chi connectivity index (χ2n) is 5.25. The second kappa shape index (κ2) is 9.59. The molecule has 0 heterocycles. The van der Waals surface area contributed by atoms with Gasteiger partial charge in [-0.1, -0.05) is 67.1 Å². The van der Waals surface area contributed by atoms with Crippen LogP contribution in [0.2, 0.25) is 10.0 Å². The van der Waals surface area contributed by atoms with Crippen LogP contribution in [0.4, 0.5) is 0 Å². The van der Waals surface area contributed by atoms with Crippen LogP contribution < -0.4 is 4.74 Å². The molecule has 0 saturated heterocycles. The van der Waals surface area contributed by atoms with Crippen molar-refractivity contribution in [2.45, 2.75) is 13.8 Å².